The number of rotatable bonds is 3. The second-order valence-electron chi connectivity index (χ2n) is 4.28. The van der Waals surface area contributed by atoms with Crippen molar-refractivity contribution in [3.8, 4) is 0 Å². The van der Waals surface area contributed by atoms with Gasteiger partial charge in [-0.05, 0) is 6.42 Å². The Labute approximate surface area is 84.6 Å². The summed E-state index contributed by atoms with van der Waals surface area (Å²) in [6.07, 6.45) is 2.55. The molecule has 0 aromatic heterocycles. The maximum Gasteiger partial charge on any atom is 0.0815 e. The smallest absolute Gasteiger partial charge is 0.0815 e. The van der Waals surface area contributed by atoms with Crippen molar-refractivity contribution < 1.29 is 14.6 Å². The summed E-state index contributed by atoms with van der Waals surface area (Å²) in [5, 5.41) is 13.5. The predicted molar refractivity (Wildman–Crippen MR) is 52.2 cm³/mol. The van der Waals surface area contributed by atoms with E-state index in [9.17, 15) is 5.11 Å². The molecule has 2 rings (SSSR count). The molecule has 1 atom stereocenters. The van der Waals surface area contributed by atoms with Gasteiger partial charge in [0, 0.05) is 45.2 Å². The first kappa shape index (κ1) is 10.4. The maximum absolute atomic E-state index is 10.1. The first-order valence-corrected chi connectivity index (χ1v) is 5.40. The molecular weight excluding hydrogens is 182 g/mol. The number of aliphatic hydroxyl groups is 1. The minimum Gasteiger partial charge on any atom is -0.388 e. The first-order valence-electron chi connectivity index (χ1n) is 5.40. The fourth-order valence-corrected chi connectivity index (χ4v) is 1.96. The van der Waals surface area contributed by atoms with Crippen molar-refractivity contribution in [2.75, 3.05) is 33.0 Å². The minimum atomic E-state index is -0.555. The van der Waals surface area contributed by atoms with E-state index in [4.69, 9.17) is 9.47 Å². The Kier molecular flexibility index (Phi) is 3.38. The van der Waals surface area contributed by atoms with E-state index in [1.807, 2.05) is 0 Å². The lowest BCUT2D eigenvalue weighted by Crippen LogP contribution is -2.47. The van der Waals surface area contributed by atoms with Crippen LogP contribution in [0.1, 0.15) is 19.3 Å². The van der Waals surface area contributed by atoms with E-state index in [0.29, 0.717) is 25.8 Å². The molecule has 2 heterocycles. The van der Waals surface area contributed by atoms with E-state index in [-0.39, 0.29) is 0 Å². The number of hydrogen-bond acceptors (Lipinski definition) is 4. The van der Waals surface area contributed by atoms with Crippen LogP contribution in [0.3, 0.4) is 0 Å². The molecule has 0 amide bonds. The molecule has 2 aliphatic rings. The van der Waals surface area contributed by atoms with Gasteiger partial charge in [0.05, 0.1) is 12.2 Å². The summed E-state index contributed by atoms with van der Waals surface area (Å²) in [7, 11) is 0. The second kappa shape index (κ2) is 4.57. The van der Waals surface area contributed by atoms with Crippen molar-refractivity contribution in [1.82, 2.24) is 5.32 Å². The molecule has 0 radical (unpaired) electrons. The SMILES string of the molecule is OC1(CNC2CCOC2)CCOCC1. The molecule has 1 unspecified atom stereocenters. The lowest BCUT2D eigenvalue weighted by Gasteiger charge is -2.33. The normalized spacial score (nSPS) is 31.9. The Morgan fingerprint density at radius 1 is 1.21 bits per heavy atom. The molecular formula is C10H19NO3. The summed E-state index contributed by atoms with van der Waals surface area (Å²) in [5.41, 5.74) is -0.555. The molecule has 0 saturated carbocycles. The third-order valence-electron chi connectivity index (χ3n) is 3.07. The fraction of sp³-hybridized carbons (Fsp3) is 1.00. The van der Waals surface area contributed by atoms with Gasteiger partial charge in [-0.1, -0.05) is 0 Å². The molecule has 0 aromatic carbocycles. The van der Waals surface area contributed by atoms with E-state index >= 15 is 0 Å². The van der Waals surface area contributed by atoms with Gasteiger partial charge in [-0.15, -0.1) is 0 Å². The maximum atomic E-state index is 10.1. The van der Waals surface area contributed by atoms with Gasteiger partial charge in [-0.25, -0.2) is 0 Å². The summed E-state index contributed by atoms with van der Waals surface area (Å²) < 4.78 is 10.5. The molecule has 0 spiro atoms. The Morgan fingerprint density at radius 2 is 2.00 bits per heavy atom. The molecule has 0 aromatic rings. The second-order valence-corrected chi connectivity index (χ2v) is 4.28. The van der Waals surface area contributed by atoms with Crippen LogP contribution in [-0.4, -0.2) is 49.7 Å². The highest BCUT2D eigenvalue weighted by Gasteiger charge is 2.30. The Balaban J connectivity index is 1.72. The minimum absolute atomic E-state index is 0.432. The van der Waals surface area contributed by atoms with Crippen LogP contribution in [0.25, 0.3) is 0 Å². The van der Waals surface area contributed by atoms with Gasteiger partial charge in [-0.2, -0.15) is 0 Å². The first-order chi connectivity index (χ1) is 6.79. The van der Waals surface area contributed by atoms with E-state index < -0.39 is 5.60 Å². The van der Waals surface area contributed by atoms with E-state index in [2.05, 4.69) is 5.32 Å². The molecule has 4 heteroatoms. The zero-order chi connectivity index (χ0) is 9.86. The highest BCUT2D eigenvalue weighted by molar-refractivity contribution is 4.85. The number of ether oxygens (including phenoxy) is 2. The highest BCUT2D eigenvalue weighted by Crippen LogP contribution is 2.19. The van der Waals surface area contributed by atoms with Gasteiger partial charge in [-0.3, -0.25) is 0 Å². The van der Waals surface area contributed by atoms with Gasteiger partial charge < -0.3 is 19.9 Å². The average molecular weight is 201 g/mol. The fourth-order valence-electron chi connectivity index (χ4n) is 1.96. The molecule has 0 bridgehead atoms. The lowest BCUT2D eigenvalue weighted by atomic mass is 9.94. The molecule has 0 aliphatic carbocycles. The van der Waals surface area contributed by atoms with E-state index in [1.54, 1.807) is 0 Å². The van der Waals surface area contributed by atoms with Crippen LogP contribution < -0.4 is 5.32 Å². The molecule has 4 nitrogen and oxygen atoms in total. The largest absolute Gasteiger partial charge is 0.388 e. The highest BCUT2D eigenvalue weighted by atomic mass is 16.5. The number of nitrogens with one attached hydrogen (secondary N) is 1. The van der Waals surface area contributed by atoms with Crippen LogP contribution >= 0.6 is 0 Å². The van der Waals surface area contributed by atoms with Gasteiger partial charge in [0.25, 0.3) is 0 Å². The molecule has 2 fully saturated rings. The molecule has 2 aliphatic heterocycles. The van der Waals surface area contributed by atoms with Crippen LogP contribution in [-0.2, 0) is 9.47 Å². The molecule has 2 N–H and O–H groups in total. The van der Waals surface area contributed by atoms with Crippen molar-refractivity contribution in [2.45, 2.75) is 30.9 Å². The summed E-state index contributed by atoms with van der Waals surface area (Å²) in [5.74, 6) is 0. The van der Waals surface area contributed by atoms with Crippen molar-refractivity contribution >= 4 is 0 Å². The standard InChI is InChI=1S/C10H19NO3/c12-10(2-5-13-6-3-10)8-11-9-1-4-14-7-9/h9,11-12H,1-8H2. The van der Waals surface area contributed by atoms with Crippen LogP contribution in [0, 0.1) is 0 Å². The van der Waals surface area contributed by atoms with Crippen molar-refractivity contribution in [3.63, 3.8) is 0 Å². The van der Waals surface area contributed by atoms with Crippen molar-refractivity contribution in [1.29, 1.82) is 0 Å². The monoisotopic (exact) mass is 201 g/mol. The zero-order valence-electron chi connectivity index (χ0n) is 8.50. The average Bonchev–Trinajstić information content (AvgIpc) is 2.69. The Bertz CT molecular complexity index is 174. The Hall–Kier alpha value is -0.160. The van der Waals surface area contributed by atoms with Gasteiger partial charge in [0.2, 0.25) is 0 Å². The number of hydrogen-bond donors (Lipinski definition) is 2. The lowest BCUT2D eigenvalue weighted by molar-refractivity contribution is -0.0627. The molecule has 14 heavy (non-hydrogen) atoms. The zero-order valence-corrected chi connectivity index (χ0v) is 8.50. The van der Waals surface area contributed by atoms with Crippen molar-refractivity contribution in [3.05, 3.63) is 0 Å². The third-order valence-corrected chi connectivity index (χ3v) is 3.07. The van der Waals surface area contributed by atoms with E-state index in [1.165, 1.54) is 0 Å². The topological polar surface area (TPSA) is 50.7 Å². The summed E-state index contributed by atoms with van der Waals surface area (Å²) in [6, 6.07) is 0.432. The summed E-state index contributed by atoms with van der Waals surface area (Å²) in [4.78, 5) is 0. The predicted octanol–water partition coefficient (Wildman–Crippen LogP) is -0.0936. The molecule has 82 valence electrons. The Morgan fingerprint density at radius 3 is 2.64 bits per heavy atom. The van der Waals surface area contributed by atoms with Crippen molar-refractivity contribution in [2.24, 2.45) is 0 Å². The van der Waals surface area contributed by atoms with Crippen LogP contribution in [0.15, 0.2) is 0 Å². The summed E-state index contributed by atoms with van der Waals surface area (Å²) >= 11 is 0. The van der Waals surface area contributed by atoms with Crippen LogP contribution in [0.4, 0.5) is 0 Å². The van der Waals surface area contributed by atoms with Gasteiger partial charge >= 0.3 is 0 Å². The summed E-state index contributed by atoms with van der Waals surface area (Å²) in [6.45, 7) is 3.66. The van der Waals surface area contributed by atoms with Crippen LogP contribution in [0.2, 0.25) is 0 Å². The van der Waals surface area contributed by atoms with E-state index in [0.717, 1.165) is 32.5 Å². The third kappa shape index (κ3) is 2.67. The van der Waals surface area contributed by atoms with Gasteiger partial charge in [0.15, 0.2) is 0 Å². The quantitative estimate of drug-likeness (QED) is 0.670. The molecule has 2 saturated heterocycles. The van der Waals surface area contributed by atoms with Gasteiger partial charge in [0.1, 0.15) is 0 Å². The van der Waals surface area contributed by atoms with Crippen LogP contribution in [0.5, 0.6) is 0 Å².